The Kier molecular flexibility index (Phi) is 5.38. The molecule has 0 bridgehead atoms. The van der Waals surface area contributed by atoms with Gasteiger partial charge in [0, 0.05) is 23.1 Å². The molecule has 1 atom stereocenters. The van der Waals surface area contributed by atoms with Crippen molar-refractivity contribution in [1.82, 2.24) is 9.88 Å². The number of benzene rings is 1. The maximum Gasteiger partial charge on any atom is 0.320 e. The molecule has 1 aliphatic rings. The molecule has 0 aliphatic carbocycles. The maximum absolute atomic E-state index is 12.1. The topological polar surface area (TPSA) is 71.6 Å². The van der Waals surface area contributed by atoms with Crippen LogP contribution >= 0.6 is 0 Å². The normalized spacial score (nSPS) is 17.3. The molecule has 2 aromatic rings. The van der Waals surface area contributed by atoms with Gasteiger partial charge in [0.1, 0.15) is 0 Å². The summed E-state index contributed by atoms with van der Waals surface area (Å²) < 4.78 is 10.2. The number of hydrogen-bond acceptors (Lipinski definition) is 5. The average molecular weight is 344 g/mol. The Labute approximate surface area is 147 Å². The second-order valence-corrected chi connectivity index (χ2v) is 6.11. The zero-order chi connectivity index (χ0) is 17.8. The van der Waals surface area contributed by atoms with Crippen LogP contribution in [0.2, 0.25) is 0 Å². The van der Waals surface area contributed by atoms with Gasteiger partial charge >= 0.3 is 11.9 Å². The van der Waals surface area contributed by atoms with E-state index in [2.05, 4.69) is 11.1 Å². The first-order valence-corrected chi connectivity index (χ1v) is 8.78. The molecule has 0 saturated heterocycles. The lowest BCUT2D eigenvalue weighted by Gasteiger charge is -2.34. The summed E-state index contributed by atoms with van der Waals surface area (Å²) in [6.45, 7) is 5.17. The quantitative estimate of drug-likeness (QED) is 0.816. The van der Waals surface area contributed by atoms with Crippen LogP contribution in [0.4, 0.5) is 0 Å². The molecule has 0 spiro atoms. The number of hydrogen-bond donors (Lipinski definition) is 1. The lowest BCUT2D eigenvalue weighted by molar-refractivity contribution is -0.149. The summed E-state index contributed by atoms with van der Waals surface area (Å²) in [5.41, 5.74) is 3.29. The fraction of sp³-hybridized carbons (Fsp3) is 0.474. The Morgan fingerprint density at radius 1 is 1.16 bits per heavy atom. The average Bonchev–Trinajstić information content (AvgIpc) is 2.96. The van der Waals surface area contributed by atoms with Gasteiger partial charge in [0.05, 0.1) is 32.2 Å². The number of aromatic nitrogens is 1. The first-order chi connectivity index (χ1) is 12.1. The number of nitrogens with zero attached hydrogens (tertiary/aromatic N) is 1. The van der Waals surface area contributed by atoms with Crippen LogP contribution in [0.15, 0.2) is 24.3 Å². The van der Waals surface area contributed by atoms with Crippen molar-refractivity contribution in [3.8, 4) is 0 Å². The van der Waals surface area contributed by atoms with E-state index in [4.69, 9.17) is 9.47 Å². The molecule has 6 nitrogen and oxygen atoms in total. The predicted octanol–water partition coefficient (Wildman–Crippen LogP) is 2.58. The number of nitrogens with one attached hydrogen (secondary N) is 1. The van der Waals surface area contributed by atoms with Gasteiger partial charge in [-0.15, -0.1) is 0 Å². The van der Waals surface area contributed by atoms with Crippen molar-refractivity contribution in [2.24, 2.45) is 0 Å². The standard InChI is InChI=1S/C19H24N2O4/c1-3-24-17(22)11-16-19-14(13-7-5-6-8-15(13)20-19)9-10-21(16)12-18(23)25-4-2/h5-8,16,20H,3-4,9-12H2,1-2H3. The first-order valence-electron chi connectivity index (χ1n) is 8.78. The number of esters is 2. The summed E-state index contributed by atoms with van der Waals surface area (Å²) in [7, 11) is 0. The Bertz CT molecular complexity index is 768. The van der Waals surface area contributed by atoms with E-state index in [1.165, 1.54) is 10.9 Å². The Balaban J connectivity index is 1.92. The molecule has 6 heteroatoms. The fourth-order valence-electron chi connectivity index (χ4n) is 3.54. The highest BCUT2D eigenvalue weighted by atomic mass is 16.5. The number of aromatic amines is 1. The molecular formula is C19H24N2O4. The summed E-state index contributed by atoms with van der Waals surface area (Å²) in [6, 6.07) is 7.92. The van der Waals surface area contributed by atoms with Crippen molar-refractivity contribution < 1.29 is 19.1 Å². The zero-order valence-electron chi connectivity index (χ0n) is 14.7. The van der Waals surface area contributed by atoms with E-state index in [0.717, 1.165) is 17.6 Å². The van der Waals surface area contributed by atoms with Crippen LogP contribution in [0.25, 0.3) is 10.9 Å². The number of carbonyl (C=O) groups is 2. The Morgan fingerprint density at radius 3 is 2.64 bits per heavy atom. The minimum absolute atomic E-state index is 0.173. The molecule has 0 saturated carbocycles. The summed E-state index contributed by atoms with van der Waals surface area (Å²) in [6.07, 6.45) is 1.05. The summed E-state index contributed by atoms with van der Waals surface area (Å²) in [4.78, 5) is 29.5. The summed E-state index contributed by atoms with van der Waals surface area (Å²) >= 11 is 0. The minimum Gasteiger partial charge on any atom is -0.466 e. The number of fused-ring (bicyclic) bond motifs is 3. The van der Waals surface area contributed by atoms with Crippen LogP contribution in [-0.4, -0.2) is 48.1 Å². The van der Waals surface area contributed by atoms with Crippen molar-refractivity contribution in [2.45, 2.75) is 32.7 Å². The molecule has 1 N–H and O–H groups in total. The first kappa shape index (κ1) is 17.5. The number of H-pyrrole nitrogens is 1. The molecule has 1 unspecified atom stereocenters. The SMILES string of the molecule is CCOC(=O)CC1c2[nH]c3ccccc3c2CCN1CC(=O)OCC. The molecule has 134 valence electrons. The van der Waals surface area contributed by atoms with E-state index in [1.54, 1.807) is 13.8 Å². The molecular weight excluding hydrogens is 320 g/mol. The molecule has 3 rings (SSSR count). The van der Waals surface area contributed by atoms with Gasteiger partial charge in [-0.2, -0.15) is 0 Å². The van der Waals surface area contributed by atoms with Gasteiger partial charge in [-0.25, -0.2) is 0 Å². The molecule has 1 aliphatic heterocycles. The lowest BCUT2D eigenvalue weighted by atomic mass is 9.95. The van der Waals surface area contributed by atoms with Crippen molar-refractivity contribution >= 4 is 22.8 Å². The Hall–Kier alpha value is -2.34. The molecule has 1 aromatic carbocycles. The van der Waals surface area contributed by atoms with Gasteiger partial charge in [0.25, 0.3) is 0 Å². The zero-order valence-corrected chi connectivity index (χ0v) is 14.7. The highest BCUT2D eigenvalue weighted by molar-refractivity contribution is 5.85. The number of para-hydroxylation sites is 1. The fourth-order valence-corrected chi connectivity index (χ4v) is 3.54. The van der Waals surface area contributed by atoms with Gasteiger partial charge in [-0.3, -0.25) is 14.5 Å². The van der Waals surface area contributed by atoms with Crippen molar-refractivity contribution in [3.05, 3.63) is 35.5 Å². The molecule has 25 heavy (non-hydrogen) atoms. The maximum atomic E-state index is 12.1. The largest absolute Gasteiger partial charge is 0.466 e. The van der Waals surface area contributed by atoms with Crippen LogP contribution in [-0.2, 0) is 25.5 Å². The van der Waals surface area contributed by atoms with Crippen molar-refractivity contribution in [3.63, 3.8) is 0 Å². The smallest absolute Gasteiger partial charge is 0.320 e. The minimum atomic E-state index is -0.268. The van der Waals surface area contributed by atoms with Crippen LogP contribution < -0.4 is 0 Å². The van der Waals surface area contributed by atoms with Crippen LogP contribution in [0.5, 0.6) is 0 Å². The van der Waals surface area contributed by atoms with Crippen LogP contribution in [0.3, 0.4) is 0 Å². The highest BCUT2D eigenvalue weighted by Gasteiger charge is 2.33. The number of ether oxygens (including phenoxy) is 2. The second kappa shape index (κ2) is 7.70. The van der Waals surface area contributed by atoms with E-state index >= 15 is 0 Å². The highest BCUT2D eigenvalue weighted by Crippen LogP contribution is 2.36. The molecule has 0 amide bonds. The second-order valence-electron chi connectivity index (χ2n) is 6.11. The van der Waals surface area contributed by atoms with Gasteiger partial charge in [-0.05, 0) is 31.9 Å². The van der Waals surface area contributed by atoms with Crippen LogP contribution in [0.1, 0.15) is 37.6 Å². The van der Waals surface area contributed by atoms with Gasteiger partial charge < -0.3 is 14.5 Å². The summed E-state index contributed by atoms with van der Waals surface area (Å²) in [5, 5.41) is 1.18. The summed E-state index contributed by atoms with van der Waals surface area (Å²) in [5.74, 6) is -0.524. The van der Waals surface area contributed by atoms with Crippen molar-refractivity contribution in [2.75, 3.05) is 26.3 Å². The molecule has 2 heterocycles. The molecule has 1 aromatic heterocycles. The van der Waals surface area contributed by atoms with Gasteiger partial charge in [0.15, 0.2) is 0 Å². The Morgan fingerprint density at radius 2 is 1.88 bits per heavy atom. The van der Waals surface area contributed by atoms with E-state index in [1.807, 2.05) is 23.1 Å². The molecule has 0 radical (unpaired) electrons. The molecule has 0 fully saturated rings. The number of rotatable bonds is 6. The van der Waals surface area contributed by atoms with E-state index in [-0.39, 0.29) is 30.9 Å². The van der Waals surface area contributed by atoms with E-state index in [9.17, 15) is 9.59 Å². The van der Waals surface area contributed by atoms with Crippen LogP contribution in [0, 0.1) is 0 Å². The third-order valence-corrected chi connectivity index (χ3v) is 4.57. The van der Waals surface area contributed by atoms with E-state index in [0.29, 0.717) is 19.8 Å². The van der Waals surface area contributed by atoms with Crippen molar-refractivity contribution in [1.29, 1.82) is 0 Å². The monoisotopic (exact) mass is 344 g/mol. The van der Waals surface area contributed by atoms with Gasteiger partial charge in [0.2, 0.25) is 0 Å². The third-order valence-electron chi connectivity index (χ3n) is 4.57. The predicted molar refractivity (Wildman–Crippen MR) is 94.2 cm³/mol. The number of carbonyl (C=O) groups excluding carboxylic acids is 2. The van der Waals surface area contributed by atoms with E-state index < -0.39 is 0 Å². The van der Waals surface area contributed by atoms with Gasteiger partial charge in [-0.1, -0.05) is 18.2 Å². The lowest BCUT2D eigenvalue weighted by Crippen LogP contribution is -2.40. The third kappa shape index (κ3) is 3.69.